The maximum absolute atomic E-state index is 12.9. The average Bonchev–Trinajstić information content (AvgIpc) is 3.40. The van der Waals surface area contributed by atoms with E-state index in [1.807, 2.05) is 55.6 Å². The molecular weight excluding hydrogens is 502 g/mol. The van der Waals surface area contributed by atoms with E-state index in [1.54, 1.807) is 0 Å². The normalized spacial score (nSPS) is 16.8. The van der Waals surface area contributed by atoms with Gasteiger partial charge in [-0.2, -0.15) is 0 Å². The molecule has 0 radical (unpaired) electrons. The number of nitrogens with zero attached hydrogens (tertiary/aromatic N) is 3. The summed E-state index contributed by atoms with van der Waals surface area (Å²) in [6, 6.07) is 22.4. The van der Waals surface area contributed by atoms with Crippen LogP contribution in [0.15, 0.2) is 72.9 Å². The zero-order chi connectivity index (χ0) is 27.7. The number of pyridine rings is 1. The average molecular weight is 538 g/mol. The molecule has 1 amide bonds. The number of carbonyl (C=O) groups excluding carboxylic acids is 1. The van der Waals surface area contributed by atoms with E-state index in [2.05, 4.69) is 77.0 Å². The van der Waals surface area contributed by atoms with Gasteiger partial charge in [0.05, 0.1) is 17.8 Å². The van der Waals surface area contributed by atoms with Crippen LogP contribution in [0.4, 0.5) is 5.69 Å². The molecule has 2 aromatic heterocycles. The van der Waals surface area contributed by atoms with Crippen LogP contribution in [0, 0.1) is 34.6 Å². The van der Waals surface area contributed by atoms with Crippen molar-refractivity contribution >= 4 is 28.9 Å². The van der Waals surface area contributed by atoms with Crippen LogP contribution < -0.4 is 10.6 Å². The number of aromatic nitrogens is 2. The van der Waals surface area contributed by atoms with Crippen molar-refractivity contribution in [3.05, 3.63) is 112 Å². The van der Waals surface area contributed by atoms with Gasteiger partial charge in [-0.15, -0.1) is 0 Å². The highest BCUT2D eigenvalue weighted by Crippen LogP contribution is 2.41. The Labute approximate surface area is 236 Å². The topological polar surface area (TPSA) is 62.2 Å². The molecule has 2 aromatic carbocycles. The summed E-state index contributed by atoms with van der Waals surface area (Å²) in [5, 5.41) is 7.17. The minimum Gasteiger partial charge on any atom is -0.352 e. The second kappa shape index (κ2) is 11.0. The van der Waals surface area contributed by atoms with Crippen molar-refractivity contribution in [2.24, 2.45) is 0 Å². The lowest BCUT2D eigenvalue weighted by Crippen LogP contribution is -2.32. The number of benzene rings is 2. The van der Waals surface area contributed by atoms with Gasteiger partial charge in [-0.05, 0) is 99.9 Å². The Morgan fingerprint density at radius 1 is 0.974 bits per heavy atom. The maximum atomic E-state index is 12.9. The highest BCUT2D eigenvalue weighted by Gasteiger charge is 2.41. The second-order valence-corrected chi connectivity index (χ2v) is 10.8. The van der Waals surface area contributed by atoms with Gasteiger partial charge in [0, 0.05) is 41.9 Å². The van der Waals surface area contributed by atoms with Crippen LogP contribution in [0.3, 0.4) is 0 Å². The first-order chi connectivity index (χ1) is 18.7. The van der Waals surface area contributed by atoms with Crippen molar-refractivity contribution < 1.29 is 4.79 Å². The Hall–Kier alpha value is -3.97. The number of carbonyl (C=O) groups is 1. The largest absolute Gasteiger partial charge is 0.352 e. The number of rotatable bonds is 7. The SMILES string of the molecule is Cc1ccc(NC(=O)CCN2C(=S)N[C@@H](c3ccccn3)[C@@H]2c2cc(C)n(-c3cc(C)ccc3C)c2C)cc1. The molecule has 0 saturated carbocycles. The third kappa shape index (κ3) is 5.45. The van der Waals surface area contributed by atoms with Crippen LogP contribution in [0.25, 0.3) is 5.69 Å². The van der Waals surface area contributed by atoms with E-state index < -0.39 is 0 Å². The Morgan fingerprint density at radius 3 is 2.44 bits per heavy atom. The number of nitrogens with one attached hydrogen (secondary N) is 2. The molecule has 0 unspecified atom stereocenters. The molecule has 7 heteroatoms. The standard InChI is InChI=1S/C32H35N5OS/c1-20-10-13-25(14-11-20)34-29(38)15-17-36-31(30(35-32(36)39)27-8-6-7-16-33-27)26-19-23(4)37(24(26)5)28-18-21(2)9-12-22(28)3/h6-14,16,18-19,30-31H,15,17H2,1-5H3,(H,34,38)(H,35,39)/t30-,31-/m0/s1. The number of anilines is 1. The van der Waals surface area contributed by atoms with Gasteiger partial charge in [-0.25, -0.2) is 0 Å². The first-order valence-corrected chi connectivity index (χ1v) is 13.7. The number of amides is 1. The van der Waals surface area contributed by atoms with E-state index in [1.165, 1.54) is 22.4 Å². The third-order valence-corrected chi connectivity index (χ3v) is 7.86. The predicted octanol–water partition coefficient (Wildman–Crippen LogP) is 6.42. The van der Waals surface area contributed by atoms with Gasteiger partial charge in [-0.1, -0.05) is 35.9 Å². The molecule has 2 N–H and O–H groups in total. The van der Waals surface area contributed by atoms with Gasteiger partial charge in [-0.3, -0.25) is 9.78 Å². The van der Waals surface area contributed by atoms with Crippen LogP contribution >= 0.6 is 12.2 Å². The zero-order valence-corrected chi connectivity index (χ0v) is 24.0. The Balaban J connectivity index is 1.48. The summed E-state index contributed by atoms with van der Waals surface area (Å²) in [4.78, 5) is 19.7. The smallest absolute Gasteiger partial charge is 0.226 e. The van der Waals surface area contributed by atoms with E-state index in [0.717, 1.165) is 28.3 Å². The van der Waals surface area contributed by atoms with Crippen molar-refractivity contribution in [3.63, 3.8) is 0 Å². The molecule has 0 aliphatic carbocycles. The minimum absolute atomic E-state index is 0.0393. The van der Waals surface area contributed by atoms with Crippen molar-refractivity contribution in [1.29, 1.82) is 0 Å². The fourth-order valence-corrected chi connectivity index (χ4v) is 5.82. The highest BCUT2D eigenvalue weighted by molar-refractivity contribution is 7.80. The third-order valence-electron chi connectivity index (χ3n) is 7.51. The second-order valence-electron chi connectivity index (χ2n) is 10.4. The molecule has 0 bridgehead atoms. The van der Waals surface area contributed by atoms with E-state index >= 15 is 0 Å². The molecule has 1 saturated heterocycles. The number of hydrogen-bond acceptors (Lipinski definition) is 3. The maximum Gasteiger partial charge on any atom is 0.226 e. The van der Waals surface area contributed by atoms with Crippen LogP contribution in [0.2, 0.25) is 0 Å². The molecule has 0 spiro atoms. The van der Waals surface area contributed by atoms with Gasteiger partial charge >= 0.3 is 0 Å². The van der Waals surface area contributed by atoms with E-state index in [9.17, 15) is 4.79 Å². The highest BCUT2D eigenvalue weighted by atomic mass is 32.1. The summed E-state index contributed by atoms with van der Waals surface area (Å²) in [6.07, 6.45) is 2.13. The number of aryl methyl sites for hydroxylation is 4. The van der Waals surface area contributed by atoms with Gasteiger partial charge in [0.2, 0.25) is 5.91 Å². The summed E-state index contributed by atoms with van der Waals surface area (Å²) in [7, 11) is 0. The predicted molar refractivity (Wildman–Crippen MR) is 161 cm³/mol. The molecule has 3 heterocycles. The van der Waals surface area contributed by atoms with Crippen LogP contribution in [-0.4, -0.2) is 32.0 Å². The lowest BCUT2D eigenvalue weighted by atomic mass is 9.96. The van der Waals surface area contributed by atoms with Crippen molar-refractivity contribution in [1.82, 2.24) is 19.8 Å². The summed E-state index contributed by atoms with van der Waals surface area (Å²) >= 11 is 5.85. The molecule has 1 fully saturated rings. The minimum atomic E-state index is -0.133. The molecule has 200 valence electrons. The number of thiocarbonyl (C=S) groups is 1. The Kier molecular flexibility index (Phi) is 7.53. The molecule has 1 aliphatic heterocycles. The van der Waals surface area contributed by atoms with Crippen molar-refractivity contribution in [2.75, 3.05) is 11.9 Å². The van der Waals surface area contributed by atoms with Gasteiger partial charge in [0.25, 0.3) is 0 Å². The quantitative estimate of drug-likeness (QED) is 0.267. The molecule has 5 rings (SSSR count). The first kappa shape index (κ1) is 26.6. The van der Waals surface area contributed by atoms with Gasteiger partial charge in [0.1, 0.15) is 0 Å². The van der Waals surface area contributed by atoms with Crippen LogP contribution in [0.1, 0.15) is 57.8 Å². The summed E-state index contributed by atoms with van der Waals surface area (Å²) in [5.74, 6) is -0.0393. The molecule has 39 heavy (non-hydrogen) atoms. The zero-order valence-electron chi connectivity index (χ0n) is 23.2. The molecule has 2 atom stereocenters. The van der Waals surface area contributed by atoms with Gasteiger partial charge in [0.15, 0.2) is 5.11 Å². The lowest BCUT2D eigenvalue weighted by Gasteiger charge is -2.28. The monoisotopic (exact) mass is 537 g/mol. The summed E-state index contributed by atoms with van der Waals surface area (Å²) in [6.45, 7) is 11.1. The fourth-order valence-electron chi connectivity index (χ4n) is 5.49. The van der Waals surface area contributed by atoms with E-state index in [4.69, 9.17) is 12.2 Å². The molecule has 6 nitrogen and oxygen atoms in total. The lowest BCUT2D eigenvalue weighted by molar-refractivity contribution is -0.116. The summed E-state index contributed by atoms with van der Waals surface area (Å²) < 4.78 is 2.33. The molecule has 1 aliphatic rings. The van der Waals surface area contributed by atoms with Crippen LogP contribution in [-0.2, 0) is 4.79 Å². The van der Waals surface area contributed by atoms with Crippen LogP contribution in [0.5, 0.6) is 0 Å². The Morgan fingerprint density at radius 2 is 1.72 bits per heavy atom. The first-order valence-electron chi connectivity index (χ1n) is 13.3. The fraction of sp³-hybridized carbons (Fsp3) is 0.281. The van der Waals surface area contributed by atoms with Crippen molar-refractivity contribution in [3.8, 4) is 5.69 Å². The van der Waals surface area contributed by atoms with Crippen molar-refractivity contribution in [2.45, 2.75) is 53.1 Å². The van der Waals surface area contributed by atoms with E-state index in [0.29, 0.717) is 18.1 Å². The van der Waals surface area contributed by atoms with Gasteiger partial charge < -0.3 is 20.1 Å². The molecular formula is C32H35N5OS. The Bertz CT molecular complexity index is 1510. The summed E-state index contributed by atoms with van der Waals surface area (Å²) in [5.41, 5.74) is 10.0. The number of hydrogen-bond donors (Lipinski definition) is 2. The van der Waals surface area contributed by atoms with E-state index in [-0.39, 0.29) is 18.0 Å². The molecule has 4 aromatic rings.